The van der Waals surface area contributed by atoms with Crippen molar-refractivity contribution in [3.63, 3.8) is 0 Å². The third-order valence-corrected chi connectivity index (χ3v) is 5.55. The molecule has 0 radical (unpaired) electrons. The first-order chi connectivity index (χ1) is 19.7. The quantitative estimate of drug-likeness (QED) is 0.0871. The molecule has 0 fully saturated rings. The van der Waals surface area contributed by atoms with E-state index < -0.39 is 42.6 Å². The first kappa shape index (κ1) is 35.6. The van der Waals surface area contributed by atoms with Gasteiger partial charge in [-0.2, -0.15) is 0 Å². The number of benzene rings is 2. The van der Waals surface area contributed by atoms with E-state index in [0.717, 1.165) is 6.92 Å². The lowest BCUT2D eigenvalue weighted by molar-refractivity contribution is -0.153. The number of aromatic hydroxyl groups is 2. The van der Waals surface area contributed by atoms with Gasteiger partial charge in [0.1, 0.15) is 24.4 Å². The number of methoxy groups -OCH3 is 2. The average Bonchev–Trinajstić information content (AvgIpc) is 2.98. The maximum absolute atomic E-state index is 11.9. The zero-order chi connectivity index (χ0) is 32.0. The summed E-state index contributed by atoms with van der Waals surface area (Å²) >= 11 is 0. The maximum Gasteiger partial charge on any atom is 0.229 e. The van der Waals surface area contributed by atoms with Crippen molar-refractivity contribution in [2.45, 2.75) is 37.8 Å². The largest absolute Gasteiger partial charge is 0.504 e. The second-order valence-corrected chi connectivity index (χ2v) is 8.74. The Morgan fingerprint density at radius 3 is 1.55 bits per heavy atom. The standard InChI is InChI=1S/C21H20O6.C8H14O7/c1-26-20-11-14(5-9-18(20)24)3-7-16(22)13-17(23)8-4-15-6-10-19(25)21(12-15)27-2;1-3(10)5(12)7(14)8(15)6(13)4(11)2-9/h3-12,24-25H,13H2,1-2H3;4,6-9,11,13-15H,2H2,1H3/b7-3+,8-4+;. The molecule has 2 aromatic carbocycles. The summed E-state index contributed by atoms with van der Waals surface area (Å²) in [5.74, 6) is -2.33. The van der Waals surface area contributed by atoms with Crippen molar-refractivity contribution in [2.24, 2.45) is 0 Å². The van der Waals surface area contributed by atoms with Gasteiger partial charge in [0.25, 0.3) is 0 Å². The van der Waals surface area contributed by atoms with Crippen molar-refractivity contribution in [3.05, 3.63) is 59.7 Å². The molecule has 4 unspecified atom stereocenters. The van der Waals surface area contributed by atoms with Gasteiger partial charge in [0.2, 0.25) is 5.78 Å². The van der Waals surface area contributed by atoms with Gasteiger partial charge in [-0.25, -0.2) is 0 Å². The molecule has 0 aliphatic heterocycles. The third kappa shape index (κ3) is 11.2. The summed E-state index contributed by atoms with van der Waals surface area (Å²) in [6.45, 7) is 0.0480. The Kier molecular flexibility index (Phi) is 14.8. The molecule has 228 valence electrons. The monoisotopic (exact) mass is 590 g/mol. The molecule has 0 amide bonds. The van der Waals surface area contributed by atoms with Crippen LogP contribution in [-0.2, 0) is 19.2 Å². The number of Topliss-reactive ketones (excluding diaryl/α,β-unsaturated/α-hetero) is 2. The van der Waals surface area contributed by atoms with Crippen LogP contribution in [0.5, 0.6) is 23.0 Å². The predicted octanol–water partition coefficient (Wildman–Crippen LogP) is -0.0497. The van der Waals surface area contributed by atoms with E-state index >= 15 is 0 Å². The molecule has 13 heteroatoms. The Morgan fingerprint density at radius 1 is 0.762 bits per heavy atom. The van der Waals surface area contributed by atoms with Crippen molar-refractivity contribution in [1.82, 2.24) is 0 Å². The summed E-state index contributed by atoms with van der Waals surface area (Å²) in [5.41, 5.74) is 1.33. The van der Waals surface area contributed by atoms with Crippen molar-refractivity contribution in [3.8, 4) is 23.0 Å². The molecular formula is C29H34O13. The molecular weight excluding hydrogens is 556 g/mol. The molecule has 7 N–H and O–H groups in total. The number of allylic oxidation sites excluding steroid dienone is 2. The SMILES string of the molecule is CC(=O)C(=O)C(O)C(O)C(O)C(O)CO.COc1cc(/C=C/C(=O)CC(=O)/C=C/c2ccc(O)c(OC)c2)ccc1O. The van der Waals surface area contributed by atoms with Gasteiger partial charge in [-0.1, -0.05) is 24.3 Å². The van der Waals surface area contributed by atoms with Gasteiger partial charge in [0.15, 0.2) is 40.3 Å². The van der Waals surface area contributed by atoms with E-state index in [1.54, 1.807) is 36.4 Å². The molecule has 0 saturated carbocycles. The summed E-state index contributed by atoms with van der Waals surface area (Å²) in [5, 5.41) is 63.8. The Hall–Kier alpha value is -4.40. The fourth-order valence-electron chi connectivity index (χ4n) is 3.15. The minimum Gasteiger partial charge on any atom is -0.504 e. The van der Waals surface area contributed by atoms with E-state index in [4.69, 9.17) is 35.0 Å². The molecule has 0 aromatic heterocycles. The van der Waals surface area contributed by atoms with Crippen LogP contribution in [0.25, 0.3) is 12.2 Å². The Morgan fingerprint density at radius 2 is 1.19 bits per heavy atom. The van der Waals surface area contributed by atoms with Crippen molar-refractivity contribution in [1.29, 1.82) is 0 Å². The smallest absolute Gasteiger partial charge is 0.229 e. The van der Waals surface area contributed by atoms with E-state index in [9.17, 15) is 29.4 Å². The fourth-order valence-corrected chi connectivity index (χ4v) is 3.15. The normalized spacial score (nSPS) is 13.9. The van der Waals surface area contributed by atoms with Crippen LogP contribution in [0.1, 0.15) is 24.5 Å². The first-order valence-electron chi connectivity index (χ1n) is 12.3. The Bertz CT molecular complexity index is 1220. The molecule has 13 nitrogen and oxygen atoms in total. The molecule has 0 bridgehead atoms. The van der Waals surface area contributed by atoms with Crippen molar-refractivity contribution < 1.29 is 64.4 Å². The molecule has 4 atom stereocenters. The number of carbonyl (C=O) groups is 4. The van der Waals surface area contributed by atoms with E-state index in [1.165, 1.54) is 38.5 Å². The molecule has 0 aliphatic rings. The molecule has 0 saturated heterocycles. The number of phenolic OH excluding ortho intramolecular Hbond substituents is 2. The van der Waals surface area contributed by atoms with Crippen LogP contribution in [-0.4, -0.2) is 104 Å². The van der Waals surface area contributed by atoms with Crippen molar-refractivity contribution in [2.75, 3.05) is 20.8 Å². The first-order valence-corrected chi connectivity index (χ1v) is 12.3. The second-order valence-electron chi connectivity index (χ2n) is 8.74. The number of aliphatic hydroxyl groups is 5. The number of ketones is 4. The number of hydrogen-bond acceptors (Lipinski definition) is 13. The average molecular weight is 591 g/mol. The minimum atomic E-state index is -2.11. The summed E-state index contributed by atoms with van der Waals surface area (Å²) in [6.07, 6.45) is -2.30. The number of phenols is 2. The predicted molar refractivity (Wildman–Crippen MR) is 149 cm³/mol. The van der Waals surface area contributed by atoms with Gasteiger partial charge in [-0.15, -0.1) is 0 Å². The van der Waals surface area contributed by atoms with E-state index in [-0.39, 0.29) is 29.5 Å². The van der Waals surface area contributed by atoms with Gasteiger partial charge in [0, 0.05) is 6.92 Å². The summed E-state index contributed by atoms with van der Waals surface area (Å²) < 4.78 is 10.00. The number of aliphatic hydroxyl groups excluding tert-OH is 5. The highest BCUT2D eigenvalue weighted by Crippen LogP contribution is 2.27. The third-order valence-electron chi connectivity index (χ3n) is 5.55. The molecule has 2 aromatic rings. The van der Waals surface area contributed by atoms with Crippen LogP contribution in [0.4, 0.5) is 0 Å². The van der Waals surface area contributed by atoms with E-state index in [1.807, 2.05) is 0 Å². The summed E-state index contributed by atoms with van der Waals surface area (Å²) in [7, 11) is 2.87. The number of ether oxygens (including phenoxy) is 2. The molecule has 2 rings (SSSR count). The lowest BCUT2D eigenvalue weighted by atomic mass is 9.99. The molecule has 0 aliphatic carbocycles. The number of carbonyl (C=O) groups excluding carboxylic acids is 4. The van der Waals surface area contributed by atoms with Gasteiger partial charge < -0.3 is 45.2 Å². The molecule has 0 heterocycles. The molecule has 42 heavy (non-hydrogen) atoms. The fraction of sp³-hybridized carbons (Fsp3) is 0.310. The number of hydrogen-bond donors (Lipinski definition) is 7. The van der Waals surface area contributed by atoms with Gasteiger partial charge in [-0.05, 0) is 47.5 Å². The van der Waals surface area contributed by atoms with Crippen LogP contribution in [0.3, 0.4) is 0 Å². The van der Waals surface area contributed by atoms with Gasteiger partial charge in [-0.3, -0.25) is 19.2 Å². The summed E-state index contributed by atoms with van der Waals surface area (Å²) in [6, 6.07) is 9.34. The van der Waals surface area contributed by atoms with Crippen LogP contribution in [0, 0.1) is 0 Å². The second kappa shape index (κ2) is 17.4. The Balaban J connectivity index is 0.000000501. The van der Waals surface area contributed by atoms with Crippen LogP contribution in [0.2, 0.25) is 0 Å². The lowest BCUT2D eigenvalue weighted by Crippen LogP contribution is -2.49. The topological polar surface area (TPSA) is 228 Å². The van der Waals surface area contributed by atoms with Crippen LogP contribution >= 0.6 is 0 Å². The lowest BCUT2D eigenvalue weighted by Gasteiger charge is -2.24. The van der Waals surface area contributed by atoms with Gasteiger partial charge in [0.05, 0.1) is 27.2 Å². The highest BCUT2D eigenvalue weighted by Gasteiger charge is 2.35. The summed E-state index contributed by atoms with van der Waals surface area (Å²) in [4.78, 5) is 45.3. The van der Waals surface area contributed by atoms with Crippen LogP contribution < -0.4 is 9.47 Å². The maximum atomic E-state index is 11.9. The zero-order valence-corrected chi connectivity index (χ0v) is 23.1. The molecule has 0 spiro atoms. The van der Waals surface area contributed by atoms with Crippen molar-refractivity contribution >= 4 is 35.3 Å². The Labute approximate surface area is 241 Å². The van der Waals surface area contributed by atoms with Crippen LogP contribution in [0.15, 0.2) is 48.6 Å². The van der Waals surface area contributed by atoms with E-state index in [2.05, 4.69) is 0 Å². The number of rotatable bonds is 14. The minimum absolute atomic E-state index is 0.00662. The zero-order valence-electron chi connectivity index (χ0n) is 23.1. The highest BCUT2D eigenvalue weighted by molar-refractivity contribution is 6.38. The highest BCUT2D eigenvalue weighted by atomic mass is 16.5. The van der Waals surface area contributed by atoms with Gasteiger partial charge >= 0.3 is 0 Å². The van der Waals surface area contributed by atoms with E-state index in [0.29, 0.717) is 22.6 Å².